The van der Waals surface area contributed by atoms with Crippen molar-refractivity contribution in [2.45, 2.75) is 18.9 Å². The fourth-order valence-corrected chi connectivity index (χ4v) is 3.38. The van der Waals surface area contributed by atoms with Crippen LogP contribution in [-0.2, 0) is 4.79 Å². The van der Waals surface area contributed by atoms with E-state index >= 15 is 0 Å². The third-order valence-electron chi connectivity index (χ3n) is 4.08. The van der Waals surface area contributed by atoms with Crippen molar-refractivity contribution >= 4 is 28.2 Å². The van der Waals surface area contributed by atoms with E-state index in [4.69, 9.17) is 9.47 Å². The number of hydrogen-bond acceptors (Lipinski definition) is 5. The lowest BCUT2D eigenvalue weighted by molar-refractivity contribution is -0.117. The number of rotatable bonds is 5. The van der Waals surface area contributed by atoms with E-state index in [9.17, 15) is 9.59 Å². The van der Waals surface area contributed by atoms with Gasteiger partial charge in [0.15, 0.2) is 11.5 Å². The minimum atomic E-state index is -0.229. The van der Waals surface area contributed by atoms with Gasteiger partial charge in [-0.2, -0.15) is 0 Å². The molecule has 1 aromatic heterocycles. The number of fused-ring (bicyclic) bond motifs is 1. The summed E-state index contributed by atoms with van der Waals surface area (Å²) in [7, 11) is 0. The second-order valence-corrected chi connectivity index (χ2v) is 7.22. The summed E-state index contributed by atoms with van der Waals surface area (Å²) >= 11 is 1.27. The van der Waals surface area contributed by atoms with Gasteiger partial charge in [-0.3, -0.25) is 9.59 Å². The smallest absolute Gasteiger partial charge is 0.261 e. The van der Waals surface area contributed by atoms with Crippen LogP contribution in [0.5, 0.6) is 11.5 Å². The largest absolute Gasteiger partial charge is 0.486 e. The standard InChI is InChI=1S/C18H18N2O4S/c21-17(11-5-6-11)20-16-8-7-15(25-16)18(22)19-9-12-10-23-13-3-1-2-4-14(13)24-12/h1-4,7-8,11-12H,5-6,9-10H2,(H,19,22)(H,20,21)/t12-/m0/s1. The number of thiophene rings is 1. The molecule has 2 N–H and O–H groups in total. The SMILES string of the molecule is O=C(NC[C@H]1COc2ccccc2O1)c1ccc(NC(=O)C2CC2)s1. The Balaban J connectivity index is 1.29. The van der Waals surface area contributed by atoms with Crippen LogP contribution < -0.4 is 20.1 Å². The molecule has 0 saturated heterocycles. The van der Waals surface area contributed by atoms with Gasteiger partial charge in [0.1, 0.15) is 12.7 Å². The van der Waals surface area contributed by atoms with E-state index in [1.54, 1.807) is 12.1 Å². The molecule has 130 valence electrons. The van der Waals surface area contributed by atoms with E-state index < -0.39 is 0 Å². The van der Waals surface area contributed by atoms with Crippen molar-refractivity contribution in [3.63, 3.8) is 0 Å². The van der Waals surface area contributed by atoms with Crippen molar-refractivity contribution in [3.05, 3.63) is 41.3 Å². The van der Waals surface area contributed by atoms with Crippen molar-refractivity contribution in [2.24, 2.45) is 5.92 Å². The van der Waals surface area contributed by atoms with E-state index in [0.717, 1.165) is 18.6 Å². The van der Waals surface area contributed by atoms with Gasteiger partial charge in [-0.15, -0.1) is 11.3 Å². The van der Waals surface area contributed by atoms with Crippen molar-refractivity contribution in [3.8, 4) is 11.5 Å². The summed E-state index contributed by atoms with van der Waals surface area (Å²) in [6.45, 7) is 0.749. The van der Waals surface area contributed by atoms with Gasteiger partial charge >= 0.3 is 0 Å². The number of anilines is 1. The molecule has 4 rings (SSSR count). The van der Waals surface area contributed by atoms with Crippen LogP contribution in [0.15, 0.2) is 36.4 Å². The Labute approximate surface area is 149 Å². The monoisotopic (exact) mass is 358 g/mol. The molecule has 0 bridgehead atoms. The van der Waals surface area contributed by atoms with Crippen LogP contribution in [0.4, 0.5) is 5.00 Å². The van der Waals surface area contributed by atoms with Gasteiger partial charge in [0.25, 0.3) is 5.91 Å². The summed E-state index contributed by atoms with van der Waals surface area (Å²) in [6, 6.07) is 10.9. The molecular weight excluding hydrogens is 340 g/mol. The highest BCUT2D eigenvalue weighted by Crippen LogP contribution is 2.32. The Bertz CT molecular complexity index is 800. The van der Waals surface area contributed by atoms with Gasteiger partial charge in [-0.25, -0.2) is 0 Å². The Hall–Kier alpha value is -2.54. The van der Waals surface area contributed by atoms with Gasteiger partial charge < -0.3 is 20.1 Å². The third kappa shape index (κ3) is 3.76. The highest BCUT2D eigenvalue weighted by atomic mass is 32.1. The van der Waals surface area contributed by atoms with Crippen LogP contribution in [0, 0.1) is 5.92 Å². The highest BCUT2D eigenvalue weighted by molar-refractivity contribution is 7.18. The normalized spacial score (nSPS) is 18.5. The van der Waals surface area contributed by atoms with Crippen LogP contribution in [0.1, 0.15) is 22.5 Å². The van der Waals surface area contributed by atoms with Crippen LogP contribution >= 0.6 is 11.3 Å². The van der Waals surface area contributed by atoms with E-state index in [1.165, 1.54) is 11.3 Å². The zero-order valence-electron chi connectivity index (χ0n) is 13.5. The maximum atomic E-state index is 12.3. The summed E-state index contributed by atoms with van der Waals surface area (Å²) in [5, 5.41) is 6.41. The number of amides is 2. The second kappa shape index (κ2) is 6.76. The summed E-state index contributed by atoms with van der Waals surface area (Å²) < 4.78 is 11.4. The predicted molar refractivity (Wildman–Crippen MR) is 94.4 cm³/mol. The third-order valence-corrected chi connectivity index (χ3v) is 5.08. The van der Waals surface area contributed by atoms with Crippen molar-refractivity contribution < 1.29 is 19.1 Å². The molecule has 25 heavy (non-hydrogen) atoms. The molecule has 2 aromatic rings. The molecule has 1 aromatic carbocycles. The topological polar surface area (TPSA) is 76.7 Å². The lowest BCUT2D eigenvalue weighted by Gasteiger charge is -2.26. The second-order valence-electron chi connectivity index (χ2n) is 6.14. The lowest BCUT2D eigenvalue weighted by atomic mass is 10.2. The summed E-state index contributed by atoms with van der Waals surface area (Å²) in [5.41, 5.74) is 0. The predicted octanol–water partition coefficient (Wildman–Crippen LogP) is 2.67. The van der Waals surface area contributed by atoms with Crippen LogP contribution in [0.25, 0.3) is 0 Å². The number of para-hydroxylation sites is 2. The Kier molecular flexibility index (Phi) is 4.31. The summed E-state index contributed by atoms with van der Waals surface area (Å²) in [4.78, 5) is 24.6. The average Bonchev–Trinajstić information content (AvgIpc) is 3.39. The molecule has 1 saturated carbocycles. The molecule has 2 aliphatic rings. The number of hydrogen-bond donors (Lipinski definition) is 2. The first kappa shape index (κ1) is 16.0. The first-order chi connectivity index (χ1) is 12.2. The number of nitrogens with one attached hydrogen (secondary N) is 2. The fraction of sp³-hybridized carbons (Fsp3) is 0.333. The first-order valence-electron chi connectivity index (χ1n) is 8.26. The van der Waals surface area contributed by atoms with Crippen LogP contribution in [0.3, 0.4) is 0 Å². The first-order valence-corrected chi connectivity index (χ1v) is 9.08. The number of carbonyl (C=O) groups excluding carboxylic acids is 2. The van der Waals surface area contributed by atoms with Crippen LogP contribution in [0.2, 0.25) is 0 Å². The molecule has 6 nitrogen and oxygen atoms in total. The molecule has 1 aliphatic heterocycles. The highest BCUT2D eigenvalue weighted by Gasteiger charge is 2.30. The molecule has 1 fully saturated rings. The Morgan fingerprint density at radius 3 is 2.72 bits per heavy atom. The number of carbonyl (C=O) groups is 2. The van der Waals surface area contributed by atoms with Crippen molar-refractivity contribution in [1.29, 1.82) is 0 Å². The Morgan fingerprint density at radius 2 is 1.92 bits per heavy atom. The minimum Gasteiger partial charge on any atom is -0.486 e. The summed E-state index contributed by atoms with van der Waals surface area (Å²) in [5.74, 6) is 1.42. The molecule has 1 aliphatic carbocycles. The van der Waals surface area contributed by atoms with E-state index in [-0.39, 0.29) is 23.8 Å². The molecule has 0 unspecified atom stereocenters. The molecule has 2 heterocycles. The van der Waals surface area contributed by atoms with Gasteiger partial charge in [0.2, 0.25) is 5.91 Å². The number of benzene rings is 1. The van der Waals surface area contributed by atoms with Gasteiger partial charge in [-0.05, 0) is 37.1 Å². The van der Waals surface area contributed by atoms with Gasteiger partial charge in [0.05, 0.1) is 16.4 Å². The van der Waals surface area contributed by atoms with Gasteiger partial charge in [0, 0.05) is 5.92 Å². The molecule has 0 radical (unpaired) electrons. The zero-order chi connectivity index (χ0) is 17.2. The maximum absolute atomic E-state index is 12.3. The van der Waals surface area contributed by atoms with Crippen LogP contribution in [-0.4, -0.2) is 31.1 Å². The molecular formula is C18H18N2O4S. The fourth-order valence-electron chi connectivity index (χ4n) is 2.55. The number of ether oxygens (including phenoxy) is 2. The van der Waals surface area contributed by atoms with Crippen molar-refractivity contribution in [2.75, 3.05) is 18.5 Å². The van der Waals surface area contributed by atoms with E-state index in [1.807, 2.05) is 24.3 Å². The molecule has 7 heteroatoms. The van der Waals surface area contributed by atoms with E-state index in [0.29, 0.717) is 28.8 Å². The molecule has 1 atom stereocenters. The van der Waals surface area contributed by atoms with Gasteiger partial charge in [-0.1, -0.05) is 12.1 Å². The minimum absolute atomic E-state index is 0.0419. The van der Waals surface area contributed by atoms with Crippen molar-refractivity contribution in [1.82, 2.24) is 5.32 Å². The van der Waals surface area contributed by atoms with E-state index in [2.05, 4.69) is 10.6 Å². The zero-order valence-corrected chi connectivity index (χ0v) is 14.3. The quantitative estimate of drug-likeness (QED) is 0.862. The Morgan fingerprint density at radius 1 is 1.12 bits per heavy atom. The maximum Gasteiger partial charge on any atom is 0.261 e. The lowest BCUT2D eigenvalue weighted by Crippen LogP contribution is -2.40. The molecule has 0 spiro atoms. The average molecular weight is 358 g/mol. The molecule has 2 amide bonds. The summed E-state index contributed by atoms with van der Waals surface area (Å²) in [6.07, 6.45) is 1.68.